The van der Waals surface area contributed by atoms with Gasteiger partial charge >= 0.3 is 0 Å². The van der Waals surface area contributed by atoms with Crippen molar-refractivity contribution in [3.63, 3.8) is 0 Å². The summed E-state index contributed by atoms with van der Waals surface area (Å²) in [7, 11) is -2.46. The van der Waals surface area contributed by atoms with Crippen molar-refractivity contribution in [2.24, 2.45) is 5.92 Å². The molecule has 1 atom stereocenters. The van der Waals surface area contributed by atoms with Crippen molar-refractivity contribution < 1.29 is 22.7 Å². The maximum atomic E-state index is 12.8. The van der Waals surface area contributed by atoms with E-state index in [1.54, 1.807) is 44.2 Å². The Morgan fingerprint density at radius 3 is 2.34 bits per heavy atom. The lowest BCUT2D eigenvalue weighted by atomic mass is 10.0. The Balaban J connectivity index is 2.23. The molecule has 8 nitrogen and oxygen atoms in total. The van der Waals surface area contributed by atoms with Gasteiger partial charge in [0.2, 0.25) is 11.8 Å². The highest BCUT2D eigenvalue weighted by atomic mass is 32.2. The number of carbonyl (C=O) groups is 2. The standard InChI is InChI=1S/C20H25N3O5S/c1-13(2)19(21-14(3)24)20(25)22-15-8-7-9-16(12-15)29(26,27)23-17-10-5-6-11-18(17)28-4/h5-13,19,23H,1-4H3,(H,21,24)(H,22,25)/t19-/m1/s1. The number of amides is 2. The van der Waals surface area contributed by atoms with Gasteiger partial charge in [0.15, 0.2) is 0 Å². The number of benzene rings is 2. The second-order valence-electron chi connectivity index (χ2n) is 6.75. The van der Waals surface area contributed by atoms with E-state index in [0.29, 0.717) is 17.1 Å². The molecule has 0 saturated carbocycles. The van der Waals surface area contributed by atoms with Gasteiger partial charge in [0.25, 0.3) is 10.0 Å². The number of methoxy groups -OCH3 is 1. The molecule has 0 unspecified atom stereocenters. The number of nitrogens with one attached hydrogen (secondary N) is 3. The summed E-state index contributed by atoms with van der Waals surface area (Å²) < 4.78 is 33.2. The first kappa shape index (κ1) is 22.2. The number of carbonyl (C=O) groups excluding carboxylic acids is 2. The molecule has 0 bridgehead atoms. The quantitative estimate of drug-likeness (QED) is 0.609. The molecule has 0 radical (unpaired) electrons. The molecule has 0 aliphatic heterocycles. The molecule has 0 heterocycles. The van der Waals surface area contributed by atoms with Gasteiger partial charge in [-0.05, 0) is 36.2 Å². The van der Waals surface area contributed by atoms with Gasteiger partial charge in [-0.15, -0.1) is 0 Å². The van der Waals surface area contributed by atoms with Crippen molar-refractivity contribution >= 4 is 33.2 Å². The second-order valence-corrected chi connectivity index (χ2v) is 8.43. The van der Waals surface area contributed by atoms with Crippen molar-refractivity contribution in [3.8, 4) is 5.75 Å². The van der Waals surface area contributed by atoms with Crippen LogP contribution < -0.4 is 20.1 Å². The predicted molar refractivity (Wildman–Crippen MR) is 111 cm³/mol. The Bertz CT molecular complexity index is 989. The van der Waals surface area contributed by atoms with Crippen molar-refractivity contribution in [1.82, 2.24) is 5.32 Å². The molecule has 0 fully saturated rings. The minimum Gasteiger partial charge on any atom is -0.495 e. The number of para-hydroxylation sites is 2. The Morgan fingerprint density at radius 1 is 1.03 bits per heavy atom. The van der Waals surface area contributed by atoms with E-state index < -0.39 is 22.0 Å². The Morgan fingerprint density at radius 2 is 1.72 bits per heavy atom. The van der Waals surface area contributed by atoms with Gasteiger partial charge in [-0.3, -0.25) is 14.3 Å². The SMILES string of the molecule is COc1ccccc1NS(=O)(=O)c1cccc(NC(=O)[C@H](NC(C)=O)C(C)C)c1. The number of sulfonamides is 1. The van der Waals surface area contributed by atoms with Gasteiger partial charge in [0.05, 0.1) is 17.7 Å². The van der Waals surface area contributed by atoms with Gasteiger partial charge in [-0.1, -0.05) is 32.0 Å². The second kappa shape index (κ2) is 9.42. The van der Waals surface area contributed by atoms with Gasteiger partial charge in [0, 0.05) is 12.6 Å². The van der Waals surface area contributed by atoms with E-state index in [4.69, 9.17) is 4.74 Å². The number of anilines is 2. The summed E-state index contributed by atoms with van der Waals surface area (Å²) in [6.45, 7) is 4.94. The first-order chi connectivity index (χ1) is 13.6. The van der Waals surface area contributed by atoms with Crippen LogP contribution in [0.1, 0.15) is 20.8 Å². The molecular formula is C20H25N3O5S. The zero-order chi connectivity index (χ0) is 21.6. The molecule has 0 aromatic heterocycles. The fourth-order valence-corrected chi connectivity index (χ4v) is 3.76. The number of hydrogen-bond acceptors (Lipinski definition) is 5. The largest absolute Gasteiger partial charge is 0.495 e. The van der Waals surface area contributed by atoms with Crippen LogP contribution in [0.3, 0.4) is 0 Å². The third-order valence-electron chi connectivity index (χ3n) is 4.07. The van der Waals surface area contributed by atoms with Crippen LogP contribution in [0.4, 0.5) is 11.4 Å². The average molecular weight is 420 g/mol. The number of ether oxygens (including phenoxy) is 1. The van der Waals surface area contributed by atoms with Gasteiger partial charge in [-0.2, -0.15) is 0 Å². The maximum Gasteiger partial charge on any atom is 0.262 e. The van der Waals surface area contributed by atoms with Gasteiger partial charge < -0.3 is 15.4 Å². The average Bonchev–Trinajstić information content (AvgIpc) is 2.66. The summed E-state index contributed by atoms with van der Waals surface area (Å²) in [6, 6.07) is 11.8. The minimum atomic E-state index is -3.91. The molecule has 2 aromatic rings. The van der Waals surface area contributed by atoms with Gasteiger partial charge in [-0.25, -0.2) is 8.42 Å². The number of rotatable bonds is 8. The van der Waals surface area contributed by atoms with Crippen molar-refractivity contribution in [1.29, 1.82) is 0 Å². The Kier molecular flexibility index (Phi) is 7.22. The molecule has 0 aliphatic carbocycles. The van der Waals surface area contributed by atoms with Crippen LogP contribution in [-0.4, -0.2) is 33.4 Å². The van der Waals surface area contributed by atoms with Crippen LogP contribution in [0.2, 0.25) is 0 Å². The highest BCUT2D eigenvalue weighted by Gasteiger charge is 2.24. The summed E-state index contributed by atoms with van der Waals surface area (Å²) in [5, 5.41) is 5.25. The van der Waals surface area contributed by atoms with Crippen molar-refractivity contribution in [2.75, 3.05) is 17.1 Å². The van der Waals surface area contributed by atoms with E-state index in [-0.39, 0.29) is 16.7 Å². The van der Waals surface area contributed by atoms with E-state index in [9.17, 15) is 18.0 Å². The fourth-order valence-electron chi connectivity index (χ4n) is 2.65. The van der Waals surface area contributed by atoms with Crippen molar-refractivity contribution in [3.05, 3.63) is 48.5 Å². The summed E-state index contributed by atoms with van der Waals surface area (Å²) >= 11 is 0. The van der Waals surface area contributed by atoms with Crippen LogP contribution in [0.15, 0.2) is 53.4 Å². The summed E-state index contributed by atoms with van der Waals surface area (Å²) in [6.07, 6.45) is 0. The molecule has 156 valence electrons. The van der Waals surface area contributed by atoms with E-state index in [2.05, 4.69) is 15.4 Å². The zero-order valence-corrected chi connectivity index (χ0v) is 17.5. The van der Waals surface area contributed by atoms with E-state index >= 15 is 0 Å². The topological polar surface area (TPSA) is 114 Å². The molecule has 0 saturated heterocycles. The van der Waals surface area contributed by atoms with E-state index in [1.165, 1.54) is 32.2 Å². The molecular weight excluding hydrogens is 394 g/mol. The van der Waals surface area contributed by atoms with Crippen molar-refractivity contribution in [2.45, 2.75) is 31.7 Å². The van der Waals surface area contributed by atoms with Crippen LogP contribution in [0.5, 0.6) is 5.75 Å². The maximum absolute atomic E-state index is 12.8. The van der Waals surface area contributed by atoms with E-state index in [1.807, 2.05) is 0 Å². The molecule has 29 heavy (non-hydrogen) atoms. The van der Waals surface area contributed by atoms with Crippen LogP contribution >= 0.6 is 0 Å². The normalized spacial score (nSPS) is 12.2. The molecule has 0 aliphatic rings. The highest BCUT2D eigenvalue weighted by Crippen LogP contribution is 2.27. The molecule has 2 rings (SSSR count). The highest BCUT2D eigenvalue weighted by molar-refractivity contribution is 7.92. The molecule has 9 heteroatoms. The smallest absolute Gasteiger partial charge is 0.262 e. The van der Waals surface area contributed by atoms with Crippen LogP contribution in [0.25, 0.3) is 0 Å². The predicted octanol–water partition coefficient (Wildman–Crippen LogP) is 2.60. The fraction of sp³-hybridized carbons (Fsp3) is 0.300. The summed E-state index contributed by atoms with van der Waals surface area (Å²) in [5.74, 6) is -0.507. The third-order valence-corrected chi connectivity index (χ3v) is 5.43. The zero-order valence-electron chi connectivity index (χ0n) is 16.7. The van der Waals surface area contributed by atoms with Crippen LogP contribution in [-0.2, 0) is 19.6 Å². The monoisotopic (exact) mass is 419 g/mol. The molecule has 2 aromatic carbocycles. The lowest BCUT2D eigenvalue weighted by Crippen LogP contribution is -2.46. The summed E-state index contributed by atoms with van der Waals surface area (Å²) in [4.78, 5) is 23.8. The lowest BCUT2D eigenvalue weighted by Gasteiger charge is -2.21. The lowest BCUT2D eigenvalue weighted by molar-refractivity contribution is -0.126. The molecule has 3 N–H and O–H groups in total. The molecule has 2 amide bonds. The minimum absolute atomic E-state index is 0.0261. The molecule has 0 spiro atoms. The van der Waals surface area contributed by atoms with Crippen LogP contribution in [0, 0.1) is 5.92 Å². The Labute approximate surface area is 170 Å². The van der Waals surface area contributed by atoms with Gasteiger partial charge in [0.1, 0.15) is 11.8 Å². The first-order valence-corrected chi connectivity index (χ1v) is 10.5. The summed E-state index contributed by atoms with van der Waals surface area (Å²) in [5.41, 5.74) is 0.601. The number of hydrogen-bond donors (Lipinski definition) is 3. The first-order valence-electron chi connectivity index (χ1n) is 8.98. The van der Waals surface area contributed by atoms with E-state index in [0.717, 1.165) is 0 Å². The Hall–Kier alpha value is -3.07. The third kappa shape index (κ3) is 5.95.